The molecule has 1 aromatic carbocycles. The highest BCUT2D eigenvalue weighted by molar-refractivity contribution is 5.67. The van der Waals surface area contributed by atoms with Crippen molar-refractivity contribution in [1.29, 1.82) is 0 Å². The average molecular weight is 490 g/mol. The van der Waals surface area contributed by atoms with Crippen LogP contribution in [0.15, 0.2) is 29.8 Å². The summed E-state index contributed by atoms with van der Waals surface area (Å²) in [5.74, 6) is 1.35. The monoisotopic (exact) mass is 489 g/mol. The van der Waals surface area contributed by atoms with Gasteiger partial charge in [-0.05, 0) is 64.2 Å². The van der Waals surface area contributed by atoms with Gasteiger partial charge in [0.1, 0.15) is 23.4 Å². The fraction of sp³-hybridized carbons (Fsp3) is 0.667. The van der Waals surface area contributed by atoms with Crippen LogP contribution in [0.5, 0.6) is 11.5 Å². The molecule has 0 unspecified atom stereocenters. The van der Waals surface area contributed by atoms with Gasteiger partial charge in [0.2, 0.25) is 0 Å². The number of benzene rings is 1. The van der Waals surface area contributed by atoms with E-state index in [9.17, 15) is 4.79 Å². The van der Waals surface area contributed by atoms with Crippen molar-refractivity contribution in [3.8, 4) is 11.5 Å². The second kappa shape index (κ2) is 10.4. The predicted molar refractivity (Wildman–Crippen MR) is 131 cm³/mol. The van der Waals surface area contributed by atoms with E-state index in [0.717, 1.165) is 18.4 Å². The number of rotatable bonds is 10. The van der Waals surface area contributed by atoms with Gasteiger partial charge in [-0.15, -0.1) is 0 Å². The molecule has 35 heavy (non-hydrogen) atoms. The van der Waals surface area contributed by atoms with E-state index < -0.39 is 6.09 Å². The molecule has 1 spiro atoms. The summed E-state index contributed by atoms with van der Waals surface area (Å²) >= 11 is 0. The molecule has 4 rings (SSSR count). The van der Waals surface area contributed by atoms with Crippen LogP contribution in [0, 0.1) is 5.92 Å². The van der Waals surface area contributed by atoms with Gasteiger partial charge < -0.3 is 33.7 Å². The van der Waals surface area contributed by atoms with Crippen molar-refractivity contribution >= 4 is 6.09 Å². The summed E-state index contributed by atoms with van der Waals surface area (Å²) in [6.45, 7) is 7.48. The van der Waals surface area contributed by atoms with Gasteiger partial charge in [-0.3, -0.25) is 0 Å². The minimum absolute atomic E-state index is 0.00822. The Bertz CT molecular complexity index is 939. The lowest BCUT2D eigenvalue weighted by Gasteiger charge is -2.42. The van der Waals surface area contributed by atoms with Gasteiger partial charge in [-0.2, -0.15) is 0 Å². The van der Waals surface area contributed by atoms with E-state index >= 15 is 0 Å². The van der Waals surface area contributed by atoms with Gasteiger partial charge in [0.15, 0.2) is 11.5 Å². The molecule has 1 amide bonds. The number of carbonyl (C=O) groups is 1. The normalized spacial score (nSPS) is 33.1. The Hall–Kier alpha value is -2.29. The average Bonchev–Trinajstić information content (AvgIpc) is 3.75. The summed E-state index contributed by atoms with van der Waals surface area (Å²) < 4.78 is 34.7. The van der Waals surface area contributed by atoms with E-state index in [1.807, 2.05) is 18.2 Å². The number of epoxide rings is 2. The van der Waals surface area contributed by atoms with Crippen molar-refractivity contribution < 1.29 is 33.2 Å². The zero-order valence-corrected chi connectivity index (χ0v) is 21.7. The lowest BCUT2D eigenvalue weighted by Crippen LogP contribution is -2.56. The Kier molecular flexibility index (Phi) is 7.64. The molecule has 0 radical (unpaired) electrons. The molecule has 8 heteroatoms. The van der Waals surface area contributed by atoms with Crippen LogP contribution in [0.1, 0.15) is 45.6 Å². The fourth-order valence-electron chi connectivity index (χ4n) is 5.59. The van der Waals surface area contributed by atoms with Gasteiger partial charge in [0.25, 0.3) is 0 Å². The minimum Gasteiger partial charge on any atom is -0.493 e. The van der Waals surface area contributed by atoms with Crippen molar-refractivity contribution in [1.82, 2.24) is 5.32 Å². The summed E-state index contributed by atoms with van der Waals surface area (Å²) in [5.41, 5.74) is 1.72. The molecule has 2 saturated heterocycles. The Balaban J connectivity index is 1.34. The molecule has 6 atom stereocenters. The predicted octanol–water partition coefficient (Wildman–Crippen LogP) is 4.05. The quantitative estimate of drug-likeness (QED) is 0.392. The van der Waals surface area contributed by atoms with Crippen molar-refractivity contribution in [3.05, 3.63) is 35.4 Å². The van der Waals surface area contributed by atoms with Crippen molar-refractivity contribution in [2.75, 3.05) is 34.5 Å². The molecule has 8 nitrogen and oxygen atoms in total. The zero-order chi connectivity index (χ0) is 25.2. The van der Waals surface area contributed by atoms with Crippen molar-refractivity contribution in [2.24, 2.45) is 5.92 Å². The SMILES string of the molecule is COc1ccc(CCNC(=O)O[C@@H]2CC[C@]3(CO3)[C@@H]([C@@]3(C)O[C@@H]3CC=C(C)C)[C@@H]2OC)cc1OC. The second-order valence-corrected chi connectivity index (χ2v) is 10.2. The molecule has 1 saturated carbocycles. The maximum atomic E-state index is 12.7. The van der Waals surface area contributed by atoms with Crippen LogP contribution in [-0.2, 0) is 25.4 Å². The molecular weight excluding hydrogens is 450 g/mol. The van der Waals surface area contributed by atoms with E-state index in [2.05, 4.69) is 32.2 Å². The highest BCUT2D eigenvalue weighted by Gasteiger charge is 2.72. The molecular formula is C27H39NO7. The number of ether oxygens (including phenoxy) is 6. The highest BCUT2D eigenvalue weighted by atomic mass is 16.6. The van der Waals surface area contributed by atoms with E-state index in [-0.39, 0.29) is 35.4 Å². The third kappa shape index (κ3) is 5.44. The van der Waals surface area contributed by atoms with Gasteiger partial charge in [0.05, 0.1) is 32.8 Å². The summed E-state index contributed by atoms with van der Waals surface area (Å²) in [7, 11) is 4.89. The second-order valence-electron chi connectivity index (χ2n) is 10.2. The van der Waals surface area contributed by atoms with Crippen LogP contribution in [0.4, 0.5) is 4.79 Å². The number of hydrogen-bond acceptors (Lipinski definition) is 7. The third-order valence-electron chi connectivity index (χ3n) is 7.63. The van der Waals surface area contributed by atoms with Gasteiger partial charge in [0, 0.05) is 13.7 Å². The van der Waals surface area contributed by atoms with Crippen molar-refractivity contribution in [3.63, 3.8) is 0 Å². The fourth-order valence-corrected chi connectivity index (χ4v) is 5.59. The van der Waals surface area contributed by atoms with Crippen LogP contribution >= 0.6 is 0 Å². The molecule has 1 aromatic rings. The molecule has 1 aliphatic carbocycles. The van der Waals surface area contributed by atoms with E-state index in [4.69, 9.17) is 28.4 Å². The smallest absolute Gasteiger partial charge is 0.407 e. The molecule has 2 heterocycles. The number of alkyl carbamates (subject to hydrolysis) is 1. The lowest BCUT2D eigenvalue weighted by atomic mass is 9.68. The molecule has 3 fully saturated rings. The first kappa shape index (κ1) is 25.8. The standard InChI is InChI=1S/C27H39NO7/c1-17(2)7-10-22-26(3,35-22)24-23(32-6)20(11-13-27(24)16-33-27)34-25(29)28-14-12-18-8-9-19(30-4)21(15-18)31-5/h7-9,15,20,22-24H,10-14,16H2,1-6H3,(H,28,29)/t20-,22-,23-,24-,26+,27+/m1/s1. The minimum atomic E-state index is -0.438. The van der Waals surface area contributed by atoms with E-state index in [0.29, 0.717) is 37.5 Å². The van der Waals surface area contributed by atoms with Crippen LogP contribution < -0.4 is 14.8 Å². The summed E-state index contributed by atoms with van der Waals surface area (Å²) in [4.78, 5) is 12.7. The topological polar surface area (TPSA) is 91.1 Å². The number of nitrogens with one attached hydrogen (secondary N) is 1. The molecule has 1 N–H and O–H groups in total. The van der Waals surface area contributed by atoms with Gasteiger partial charge >= 0.3 is 6.09 Å². The number of hydrogen-bond donors (Lipinski definition) is 1. The summed E-state index contributed by atoms with van der Waals surface area (Å²) in [6, 6.07) is 5.73. The number of amides is 1. The largest absolute Gasteiger partial charge is 0.493 e. The highest BCUT2D eigenvalue weighted by Crippen LogP contribution is 2.59. The maximum Gasteiger partial charge on any atom is 0.407 e. The summed E-state index contributed by atoms with van der Waals surface area (Å²) in [5, 5.41) is 2.88. The van der Waals surface area contributed by atoms with E-state index in [1.165, 1.54) is 5.57 Å². The molecule has 0 bridgehead atoms. The number of carbonyl (C=O) groups excluding carboxylic acids is 1. The first-order chi connectivity index (χ1) is 16.8. The van der Waals surface area contributed by atoms with E-state index in [1.54, 1.807) is 21.3 Å². The third-order valence-corrected chi connectivity index (χ3v) is 7.63. The number of methoxy groups -OCH3 is 3. The first-order valence-electron chi connectivity index (χ1n) is 12.4. The van der Waals surface area contributed by atoms with Crippen LogP contribution in [-0.4, -0.2) is 70.1 Å². The van der Waals surface area contributed by atoms with Crippen molar-refractivity contribution in [2.45, 2.75) is 76.0 Å². The van der Waals surface area contributed by atoms with Crippen LogP contribution in [0.25, 0.3) is 0 Å². The maximum absolute atomic E-state index is 12.7. The van der Waals surface area contributed by atoms with Gasteiger partial charge in [-0.1, -0.05) is 17.7 Å². The van der Waals surface area contributed by atoms with Crippen LogP contribution in [0.2, 0.25) is 0 Å². The Morgan fingerprint density at radius 3 is 2.57 bits per heavy atom. The lowest BCUT2D eigenvalue weighted by molar-refractivity contribution is -0.118. The molecule has 3 aliphatic rings. The molecule has 194 valence electrons. The molecule has 2 aliphatic heterocycles. The number of allylic oxidation sites excluding steroid dienone is 1. The molecule has 0 aromatic heterocycles. The zero-order valence-electron chi connectivity index (χ0n) is 21.7. The Morgan fingerprint density at radius 1 is 1.20 bits per heavy atom. The Morgan fingerprint density at radius 2 is 1.94 bits per heavy atom. The van der Waals surface area contributed by atoms with Gasteiger partial charge in [-0.25, -0.2) is 4.79 Å². The van der Waals surface area contributed by atoms with Crippen LogP contribution in [0.3, 0.4) is 0 Å². The first-order valence-corrected chi connectivity index (χ1v) is 12.4. The summed E-state index contributed by atoms with van der Waals surface area (Å²) in [6.07, 6.45) is 4.29. The Labute approximate surface area is 208 Å².